The van der Waals surface area contributed by atoms with Gasteiger partial charge in [-0.3, -0.25) is 9.67 Å². The Hall–Kier alpha value is -1.97. The number of hydrogen-bond donors (Lipinski definition) is 2. The summed E-state index contributed by atoms with van der Waals surface area (Å²) < 4.78 is 34.6. The molecule has 0 saturated heterocycles. The Morgan fingerprint density at radius 2 is 2.12 bits per heavy atom. The SMILES string of the molecule is COc1cncc([C@@H](NS(=O)(=O)c2cnn(C)c2)C2CC(O)C2)c1. The zero-order valence-corrected chi connectivity index (χ0v) is 14.3. The number of aryl methyl sites for hydroxylation is 1. The van der Waals surface area contributed by atoms with E-state index < -0.39 is 16.1 Å². The Balaban J connectivity index is 1.90. The predicted molar refractivity (Wildman–Crippen MR) is 85.8 cm³/mol. The molecule has 8 nitrogen and oxygen atoms in total. The zero-order chi connectivity index (χ0) is 17.3. The van der Waals surface area contributed by atoms with E-state index in [0.717, 1.165) is 0 Å². The van der Waals surface area contributed by atoms with E-state index in [1.54, 1.807) is 25.5 Å². The fourth-order valence-corrected chi connectivity index (χ4v) is 4.10. The molecule has 0 bridgehead atoms. The number of ether oxygens (including phenoxy) is 1. The van der Waals surface area contributed by atoms with Crippen molar-refractivity contribution >= 4 is 10.0 Å². The summed E-state index contributed by atoms with van der Waals surface area (Å²) in [5, 5.41) is 13.5. The summed E-state index contributed by atoms with van der Waals surface area (Å²) in [5.41, 5.74) is 0.707. The number of aliphatic hydroxyl groups is 1. The molecule has 0 spiro atoms. The van der Waals surface area contributed by atoms with Crippen LogP contribution in [-0.4, -0.2) is 41.5 Å². The van der Waals surface area contributed by atoms with Crippen molar-refractivity contribution in [1.82, 2.24) is 19.5 Å². The molecule has 1 fully saturated rings. The molecule has 0 unspecified atom stereocenters. The first-order chi connectivity index (χ1) is 11.4. The van der Waals surface area contributed by atoms with Crippen molar-refractivity contribution in [1.29, 1.82) is 0 Å². The average molecular weight is 352 g/mol. The molecule has 0 amide bonds. The summed E-state index contributed by atoms with van der Waals surface area (Å²) in [4.78, 5) is 4.21. The first kappa shape index (κ1) is 16.9. The molecule has 0 aromatic carbocycles. The van der Waals surface area contributed by atoms with Gasteiger partial charge < -0.3 is 9.84 Å². The lowest BCUT2D eigenvalue weighted by Crippen LogP contribution is -2.41. The summed E-state index contributed by atoms with van der Waals surface area (Å²) in [7, 11) is -0.541. The van der Waals surface area contributed by atoms with Gasteiger partial charge in [0.2, 0.25) is 10.0 Å². The fourth-order valence-electron chi connectivity index (χ4n) is 2.83. The minimum absolute atomic E-state index is 0.000326. The van der Waals surface area contributed by atoms with E-state index in [1.165, 1.54) is 24.2 Å². The normalized spacial score (nSPS) is 22.0. The van der Waals surface area contributed by atoms with Crippen LogP contribution in [0.3, 0.4) is 0 Å². The van der Waals surface area contributed by atoms with Gasteiger partial charge in [-0.15, -0.1) is 0 Å². The lowest BCUT2D eigenvalue weighted by atomic mass is 9.76. The Kier molecular flexibility index (Phi) is 4.57. The van der Waals surface area contributed by atoms with E-state index in [-0.39, 0.29) is 16.9 Å². The number of sulfonamides is 1. The van der Waals surface area contributed by atoms with Gasteiger partial charge in [0.15, 0.2) is 0 Å². The van der Waals surface area contributed by atoms with Gasteiger partial charge in [0.1, 0.15) is 10.6 Å². The summed E-state index contributed by atoms with van der Waals surface area (Å²) in [6.07, 6.45) is 6.61. The van der Waals surface area contributed by atoms with E-state index in [1.807, 2.05) is 0 Å². The molecule has 2 aromatic rings. The van der Waals surface area contributed by atoms with Crippen LogP contribution in [0.2, 0.25) is 0 Å². The van der Waals surface area contributed by atoms with E-state index in [0.29, 0.717) is 24.2 Å². The van der Waals surface area contributed by atoms with Gasteiger partial charge >= 0.3 is 0 Å². The van der Waals surface area contributed by atoms with Gasteiger partial charge in [-0.25, -0.2) is 13.1 Å². The van der Waals surface area contributed by atoms with Crippen molar-refractivity contribution in [2.24, 2.45) is 13.0 Å². The molecule has 130 valence electrons. The summed E-state index contributed by atoms with van der Waals surface area (Å²) in [5.74, 6) is 0.554. The number of aromatic nitrogens is 3. The van der Waals surface area contributed by atoms with Crippen molar-refractivity contribution in [2.45, 2.75) is 29.9 Å². The summed E-state index contributed by atoms with van der Waals surface area (Å²) in [6.45, 7) is 0. The number of nitrogens with one attached hydrogen (secondary N) is 1. The largest absolute Gasteiger partial charge is 0.495 e. The second-order valence-corrected chi connectivity index (χ2v) is 7.71. The molecule has 2 N–H and O–H groups in total. The van der Waals surface area contributed by atoms with Crippen LogP contribution in [0.4, 0.5) is 0 Å². The maximum atomic E-state index is 12.6. The number of pyridine rings is 1. The summed E-state index contributed by atoms with van der Waals surface area (Å²) in [6, 6.07) is 1.27. The predicted octanol–water partition coefficient (Wildman–Crippen LogP) is 0.614. The molecule has 1 aliphatic rings. The van der Waals surface area contributed by atoms with Crippen molar-refractivity contribution in [3.05, 3.63) is 36.4 Å². The van der Waals surface area contributed by atoms with Crippen LogP contribution in [0.15, 0.2) is 35.7 Å². The second kappa shape index (κ2) is 6.50. The Morgan fingerprint density at radius 3 is 2.71 bits per heavy atom. The maximum Gasteiger partial charge on any atom is 0.244 e. The molecule has 1 aliphatic carbocycles. The third-order valence-corrected chi connectivity index (χ3v) is 5.62. The standard InChI is InChI=1S/C15H20N4O4S/c1-19-9-14(8-17-19)24(21,22)18-15(10-3-12(20)4-10)11-5-13(23-2)7-16-6-11/h5-10,12,15,18,20H,3-4H2,1-2H3/t10?,12?,15-/m0/s1. The molecule has 1 saturated carbocycles. The molecule has 3 rings (SSSR count). The molecular weight excluding hydrogens is 332 g/mol. The summed E-state index contributed by atoms with van der Waals surface area (Å²) >= 11 is 0. The average Bonchev–Trinajstić information content (AvgIpc) is 2.97. The van der Waals surface area contributed by atoms with Gasteiger partial charge in [-0.1, -0.05) is 0 Å². The van der Waals surface area contributed by atoms with Crippen LogP contribution in [-0.2, 0) is 17.1 Å². The molecule has 2 heterocycles. The minimum Gasteiger partial charge on any atom is -0.495 e. The number of hydrogen-bond acceptors (Lipinski definition) is 6. The minimum atomic E-state index is -3.73. The van der Waals surface area contributed by atoms with Crippen LogP contribution in [0.1, 0.15) is 24.4 Å². The van der Waals surface area contributed by atoms with Gasteiger partial charge in [0, 0.05) is 19.4 Å². The highest BCUT2D eigenvalue weighted by atomic mass is 32.2. The molecule has 0 radical (unpaired) electrons. The molecule has 9 heteroatoms. The fraction of sp³-hybridized carbons (Fsp3) is 0.467. The smallest absolute Gasteiger partial charge is 0.244 e. The molecule has 2 aromatic heterocycles. The highest BCUT2D eigenvalue weighted by molar-refractivity contribution is 7.89. The number of nitrogens with zero attached hydrogens (tertiary/aromatic N) is 3. The van der Waals surface area contributed by atoms with E-state index >= 15 is 0 Å². The van der Waals surface area contributed by atoms with E-state index in [2.05, 4.69) is 14.8 Å². The van der Waals surface area contributed by atoms with Gasteiger partial charge in [-0.05, 0) is 30.4 Å². The van der Waals surface area contributed by atoms with Crippen LogP contribution >= 0.6 is 0 Å². The Bertz CT molecular complexity index is 814. The highest BCUT2D eigenvalue weighted by Crippen LogP contribution is 2.39. The third kappa shape index (κ3) is 3.42. The topological polar surface area (TPSA) is 106 Å². The monoisotopic (exact) mass is 352 g/mol. The van der Waals surface area contributed by atoms with Crippen LogP contribution in [0.5, 0.6) is 5.75 Å². The first-order valence-corrected chi connectivity index (χ1v) is 9.05. The maximum absolute atomic E-state index is 12.6. The van der Waals surface area contributed by atoms with E-state index in [9.17, 15) is 13.5 Å². The number of rotatable bonds is 6. The van der Waals surface area contributed by atoms with Crippen LogP contribution < -0.4 is 9.46 Å². The van der Waals surface area contributed by atoms with Crippen molar-refractivity contribution in [2.75, 3.05) is 7.11 Å². The van der Waals surface area contributed by atoms with Crippen LogP contribution in [0.25, 0.3) is 0 Å². The Morgan fingerprint density at radius 1 is 1.38 bits per heavy atom. The molecule has 1 atom stereocenters. The quantitative estimate of drug-likeness (QED) is 0.789. The molecule has 0 aliphatic heterocycles. The first-order valence-electron chi connectivity index (χ1n) is 7.57. The third-order valence-electron chi connectivity index (χ3n) is 4.22. The number of aliphatic hydroxyl groups excluding tert-OH is 1. The molecular formula is C15H20N4O4S. The van der Waals surface area contributed by atoms with Crippen LogP contribution in [0, 0.1) is 5.92 Å². The second-order valence-electron chi connectivity index (χ2n) is 5.99. The van der Waals surface area contributed by atoms with Crippen molar-refractivity contribution in [3.63, 3.8) is 0 Å². The van der Waals surface area contributed by atoms with Crippen molar-refractivity contribution < 1.29 is 18.3 Å². The van der Waals surface area contributed by atoms with Gasteiger partial charge in [-0.2, -0.15) is 5.10 Å². The Labute approximate surface area is 140 Å². The molecule has 24 heavy (non-hydrogen) atoms. The zero-order valence-electron chi connectivity index (χ0n) is 13.5. The van der Waals surface area contributed by atoms with Gasteiger partial charge in [0.25, 0.3) is 0 Å². The lowest BCUT2D eigenvalue weighted by molar-refractivity contribution is 0.0279. The highest BCUT2D eigenvalue weighted by Gasteiger charge is 2.37. The lowest BCUT2D eigenvalue weighted by Gasteiger charge is -2.37. The van der Waals surface area contributed by atoms with Crippen molar-refractivity contribution in [3.8, 4) is 5.75 Å². The van der Waals surface area contributed by atoms with Gasteiger partial charge in [0.05, 0.1) is 31.6 Å². The number of methoxy groups -OCH3 is 1. The van der Waals surface area contributed by atoms with E-state index in [4.69, 9.17) is 4.74 Å².